The number of aryl methyl sites for hydroxylation is 1. The van der Waals surface area contributed by atoms with E-state index < -0.39 is 17.2 Å². The van der Waals surface area contributed by atoms with Gasteiger partial charge in [-0.15, -0.1) is 0 Å². The van der Waals surface area contributed by atoms with E-state index in [0.29, 0.717) is 19.0 Å². The number of guanidine groups is 1. The average Bonchev–Trinajstić information content (AvgIpc) is 3.00. The second kappa shape index (κ2) is 10.2. The van der Waals surface area contributed by atoms with E-state index in [9.17, 15) is 4.79 Å². The quantitative estimate of drug-likeness (QED) is 0.476. The zero-order valence-corrected chi connectivity index (χ0v) is 17.8. The number of carbonyl (C=O) groups excluding carboxylic acids is 1. The number of rotatable bonds is 8. The molecule has 8 heteroatoms. The highest BCUT2D eigenvalue weighted by molar-refractivity contribution is 5.80. The number of hydrogen-bond donors (Lipinski definition) is 3. The van der Waals surface area contributed by atoms with E-state index in [1.54, 1.807) is 10.9 Å². The zero-order chi connectivity index (χ0) is 20.5. The molecule has 0 saturated carbocycles. The van der Waals surface area contributed by atoms with Crippen molar-refractivity contribution in [3.05, 3.63) is 18.0 Å². The minimum Gasteiger partial charge on any atom is -0.444 e. The number of nitrogens with zero attached hydrogens (tertiary/aromatic N) is 3. The van der Waals surface area contributed by atoms with Crippen LogP contribution in [0.5, 0.6) is 0 Å². The third kappa shape index (κ3) is 8.32. The van der Waals surface area contributed by atoms with E-state index in [2.05, 4.69) is 39.9 Å². The van der Waals surface area contributed by atoms with Crippen LogP contribution in [0.4, 0.5) is 4.79 Å². The second-order valence-electron chi connectivity index (χ2n) is 7.69. The van der Waals surface area contributed by atoms with Gasteiger partial charge in [0.1, 0.15) is 5.60 Å². The Morgan fingerprint density at radius 2 is 1.89 bits per heavy atom. The van der Waals surface area contributed by atoms with Crippen LogP contribution in [0.3, 0.4) is 0 Å². The van der Waals surface area contributed by atoms with Crippen molar-refractivity contribution in [2.24, 2.45) is 12.0 Å². The standard InChI is InChI=1S/C19H36N6O2/c1-8-19(9-2,24-17(26)27-18(4,5)6)14-22-16(20-10-3)21-11-15-12-23-25(7)13-15/h12-13H,8-11,14H2,1-7H3,(H,24,26)(H2,20,21,22). The molecule has 3 N–H and O–H groups in total. The molecular weight excluding hydrogens is 344 g/mol. The maximum atomic E-state index is 12.3. The average molecular weight is 381 g/mol. The summed E-state index contributed by atoms with van der Waals surface area (Å²) in [5.41, 5.74) is 0.108. The lowest BCUT2D eigenvalue weighted by Crippen LogP contribution is -2.57. The molecular formula is C19H36N6O2. The summed E-state index contributed by atoms with van der Waals surface area (Å²) < 4.78 is 7.18. The van der Waals surface area contributed by atoms with Crippen molar-refractivity contribution in [1.82, 2.24) is 25.7 Å². The van der Waals surface area contributed by atoms with Crippen molar-refractivity contribution in [1.29, 1.82) is 0 Å². The summed E-state index contributed by atoms with van der Waals surface area (Å²) in [6.45, 7) is 13.6. The normalized spacial score (nSPS) is 12.6. The van der Waals surface area contributed by atoms with E-state index in [1.165, 1.54) is 0 Å². The first-order chi connectivity index (χ1) is 12.6. The molecule has 1 rings (SSSR count). The summed E-state index contributed by atoms with van der Waals surface area (Å²) in [7, 11) is 1.88. The van der Waals surface area contributed by atoms with E-state index in [4.69, 9.17) is 4.74 Å². The van der Waals surface area contributed by atoms with Crippen LogP contribution in [-0.2, 0) is 18.3 Å². The van der Waals surface area contributed by atoms with Crippen LogP contribution in [-0.4, -0.2) is 46.1 Å². The van der Waals surface area contributed by atoms with Gasteiger partial charge in [-0.05, 0) is 40.5 Å². The van der Waals surface area contributed by atoms with Gasteiger partial charge < -0.3 is 20.7 Å². The van der Waals surface area contributed by atoms with Gasteiger partial charge in [0, 0.05) is 31.9 Å². The molecule has 0 fully saturated rings. The number of ether oxygens (including phenoxy) is 1. The smallest absolute Gasteiger partial charge is 0.408 e. The van der Waals surface area contributed by atoms with Crippen LogP contribution >= 0.6 is 0 Å². The van der Waals surface area contributed by atoms with Crippen LogP contribution < -0.4 is 16.0 Å². The van der Waals surface area contributed by atoms with Gasteiger partial charge in [-0.3, -0.25) is 4.68 Å². The largest absolute Gasteiger partial charge is 0.444 e. The van der Waals surface area contributed by atoms with Gasteiger partial charge in [0.15, 0.2) is 5.96 Å². The molecule has 1 heterocycles. The Bertz CT molecular complexity index is 614. The van der Waals surface area contributed by atoms with Crippen molar-refractivity contribution in [3.63, 3.8) is 0 Å². The Morgan fingerprint density at radius 1 is 1.22 bits per heavy atom. The number of nitrogens with one attached hydrogen (secondary N) is 3. The topological polar surface area (TPSA) is 92.6 Å². The van der Waals surface area contributed by atoms with Gasteiger partial charge in [-0.25, -0.2) is 9.79 Å². The Balaban J connectivity index is 2.76. The molecule has 0 aliphatic rings. The van der Waals surface area contributed by atoms with Crippen LogP contribution in [0.1, 0.15) is 59.9 Å². The summed E-state index contributed by atoms with van der Waals surface area (Å²) in [6, 6.07) is 0. The number of carbonyl (C=O) groups is 1. The van der Waals surface area contributed by atoms with E-state index in [0.717, 1.165) is 24.9 Å². The molecule has 0 aliphatic heterocycles. The summed E-state index contributed by atoms with van der Waals surface area (Å²) in [5, 5.41) is 13.8. The van der Waals surface area contributed by atoms with Crippen LogP contribution in [0.2, 0.25) is 0 Å². The summed E-state index contributed by atoms with van der Waals surface area (Å²) >= 11 is 0. The Hall–Kier alpha value is -2.25. The number of aromatic nitrogens is 2. The highest BCUT2D eigenvalue weighted by atomic mass is 16.6. The molecule has 0 aromatic carbocycles. The molecule has 0 spiro atoms. The second-order valence-corrected chi connectivity index (χ2v) is 7.69. The summed E-state index contributed by atoms with van der Waals surface area (Å²) in [6.07, 6.45) is 4.90. The maximum Gasteiger partial charge on any atom is 0.408 e. The van der Waals surface area contributed by atoms with E-state index >= 15 is 0 Å². The molecule has 8 nitrogen and oxygen atoms in total. The lowest BCUT2D eigenvalue weighted by molar-refractivity contribution is 0.0448. The predicted octanol–water partition coefficient (Wildman–Crippen LogP) is 2.56. The maximum absolute atomic E-state index is 12.3. The van der Waals surface area contributed by atoms with Crippen molar-refractivity contribution in [2.75, 3.05) is 13.1 Å². The first kappa shape index (κ1) is 22.8. The van der Waals surface area contributed by atoms with Gasteiger partial charge in [0.05, 0.1) is 18.3 Å². The third-order valence-corrected chi connectivity index (χ3v) is 4.24. The number of alkyl carbamates (subject to hydrolysis) is 1. The molecule has 1 aromatic rings. The number of hydrogen-bond acceptors (Lipinski definition) is 4. The molecule has 1 amide bonds. The van der Waals surface area contributed by atoms with Gasteiger partial charge in [-0.2, -0.15) is 5.10 Å². The minimum atomic E-state index is -0.523. The minimum absolute atomic E-state index is 0.398. The fraction of sp³-hybridized carbons (Fsp3) is 0.737. The number of aliphatic imine (C=N–C) groups is 1. The monoisotopic (exact) mass is 380 g/mol. The summed E-state index contributed by atoms with van der Waals surface area (Å²) in [5.74, 6) is 0.707. The van der Waals surface area contributed by atoms with Crippen molar-refractivity contribution in [3.8, 4) is 0 Å². The van der Waals surface area contributed by atoms with Crippen molar-refractivity contribution < 1.29 is 9.53 Å². The highest BCUT2D eigenvalue weighted by Crippen LogP contribution is 2.16. The fourth-order valence-electron chi connectivity index (χ4n) is 2.56. The summed E-state index contributed by atoms with van der Waals surface area (Å²) in [4.78, 5) is 16.9. The third-order valence-electron chi connectivity index (χ3n) is 4.24. The Kier molecular flexibility index (Phi) is 8.59. The molecule has 154 valence electrons. The number of amides is 1. The lowest BCUT2D eigenvalue weighted by atomic mass is 9.93. The van der Waals surface area contributed by atoms with E-state index in [-0.39, 0.29) is 0 Å². The van der Waals surface area contributed by atoms with Gasteiger partial charge >= 0.3 is 6.09 Å². The molecule has 0 atom stereocenters. The molecule has 1 aromatic heterocycles. The lowest BCUT2D eigenvalue weighted by Gasteiger charge is -2.34. The van der Waals surface area contributed by atoms with E-state index in [1.807, 2.05) is 40.9 Å². The molecule has 27 heavy (non-hydrogen) atoms. The molecule has 0 radical (unpaired) electrons. The fourth-order valence-corrected chi connectivity index (χ4v) is 2.56. The highest BCUT2D eigenvalue weighted by Gasteiger charge is 2.30. The van der Waals surface area contributed by atoms with Crippen molar-refractivity contribution >= 4 is 12.1 Å². The van der Waals surface area contributed by atoms with Gasteiger partial charge in [0.25, 0.3) is 0 Å². The Morgan fingerprint density at radius 3 is 2.37 bits per heavy atom. The zero-order valence-electron chi connectivity index (χ0n) is 17.8. The predicted molar refractivity (Wildman–Crippen MR) is 109 cm³/mol. The van der Waals surface area contributed by atoms with Crippen LogP contribution in [0, 0.1) is 0 Å². The first-order valence-electron chi connectivity index (χ1n) is 9.64. The van der Waals surface area contributed by atoms with Crippen LogP contribution in [0.15, 0.2) is 17.4 Å². The SMILES string of the molecule is CCNC(=NCc1cnn(C)c1)NCC(CC)(CC)NC(=O)OC(C)(C)C. The molecule has 0 unspecified atom stereocenters. The van der Waals surface area contributed by atoms with Crippen LogP contribution in [0.25, 0.3) is 0 Å². The molecule has 0 saturated heterocycles. The molecule has 0 aliphatic carbocycles. The van der Waals surface area contributed by atoms with Gasteiger partial charge in [0.2, 0.25) is 0 Å². The van der Waals surface area contributed by atoms with Crippen molar-refractivity contribution in [2.45, 2.75) is 72.1 Å². The molecule has 0 bridgehead atoms. The Labute approximate surface area is 163 Å². The first-order valence-corrected chi connectivity index (χ1v) is 9.64. The van der Waals surface area contributed by atoms with Gasteiger partial charge in [-0.1, -0.05) is 13.8 Å².